The fourth-order valence-corrected chi connectivity index (χ4v) is 2.07. The van der Waals surface area contributed by atoms with Gasteiger partial charge in [-0.05, 0) is 24.9 Å². The first kappa shape index (κ1) is 13.0. The normalized spacial score (nSPS) is 12.8. The van der Waals surface area contributed by atoms with Gasteiger partial charge in [-0.3, -0.25) is 4.98 Å². The van der Waals surface area contributed by atoms with E-state index in [1.807, 2.05) is 31.4 Å². The van der Waals surface area contributed by atoms with E-state index in [1.54, 1.807) is 0 Å². The number of likely N-dealkylation sites (N-methyl/N-ethyl adjacent to an activating group) is 1. The van der Waals surface area contributed by atoms with Crippen molar-refractivity contribution in [2.24, 2.45) is 0 Å². The molecule has 0 bridgehead atoms. The lowest BCUT2D eigenvalue weighted by atomic mass is 10.1. The average Bonchev–Trinajstić information content (AvgIpc) is 2.43. The van der Waals surface area contributed by atoms with Crippen LogP contribution in [0, 0.1) is 0 Å². The van der Waals surface area contributed by atoms with E-state index < -0.39 is 0 Å². The highest BCUT2D eigenvalue weighted by Crippen LogP contribution is 2.22. The van der Waals surface area contributed by atoms with Crippen molar-refractivity contribution >= 4 is 10.8 Å². The lowest BCUT2D eigenvalue weighted by molar-refractivity contribution is 0.113. The number of hydrogen-bond donors (Lipinski definition) is 1. The summed E-state index contributed by atoms with van der Waals surface area (Å²) in [5.41, 5.74) is 1.06. The van der Waals surface area contributed by atoms with Gasteiger partial charge in [0.2, 0.25) is 0 Å². The van der Waals surface area contributed by atoms with Crippen LogP contribution in [0.15, 0.2) is 36.5 Å². The Bertz CT molecular complexity index is 493. The Kier molecular flexibility index (Phi) is 4.67. The van der Waals surface area contributed by atoms with Crippen LogP contribution in [0.1, 0.15) is 25.1 Å². The van der Waals surface area contributed by atoms with Crippen molar-refractivity contribution in [3.63, 3.8) is 0 Å². The Morgan fingerprint density at radius 1 is 1.28 bits per heavy atom. The molecule has 2 aromatic rings. The standard InChI is InChI=1S/C15H20N2O/c1-3-10-18-11-14(16-2)15-13-7-5-4-6-12(13)8-9-17-15/h4-9,14,16H,3,10-11H2,1-2H3. The average molecular weight is 244 g/mol. The maximum absolute atomic E-state index is 5.64. The van der Waals surface area contributed by atoms with Crippen molar-refractivity contribution in [2.45, 2.75) is 19.4 Å². The van der Waals surface area contributed by atoms with Gasteiger partial charge in [-0.25, -0.2) is 0 Å². The molecule has 0 spiro atoms. The van der Waals surface area contributed by atoms with Crippen LogP contribution in [0.2, 0.25) is 0 Å². The summed E-state index contributed by atoms with van der Waals surface area (Å²) in [5.74, 6) is 0. The Labute approximate surface area is 108 Å². The van der Waals surface area contributed by atoms with Gasteiger partial charge in [0.15, 0.2) is 0 Å². The Morgan fingerprint density at radius 2 is 2.11 bits per heavy atom. The summed E-state index contributed by atoms with van der Waals surface area (Å²) < 4.78 is 5.64. The topological polar surface area (TPSA) is 34.1 Å². The Balaban J connectivity index is 2.27. The van der Waals surface area contributed by atoms with E-state index >= 15 is 0 Å². The molecule has 3 heteroatoms. The molecular formula is C15H20N2O. The van der Waals surface area contributed by atoms with E-state index in [1.165, 1.54) is 10.8 Å². The zero-order valence-electron chi connectivity index (χ0n) is 11.0. The minimum Gasteiger partial charge on any atom is -0.379 e. The second-order valence-electron chi connectivity index (χ2n) is 4.33. The van der Waals surface area contributed by atoms with Crippen molar-refractivity contribution in [2.75, 3.05) is 20.3 Å². The summed E-state index contributed by atoms with van der Waals surface area (Å²) in [4.78, 5) is 4.51. The first-order chi connectivity index (χ1) is 8.86. The molecule has 0 saturated carbocycles. The Hall–Kier alpha value is -1.45. The van der Waals surface area contributed by atoms with E-state index in [-0.39, 0.29) is 6.04 Å². The number of nitrogens with one attached hydrogen (secondary N) is 1. The molecule has 1 atom stereocenters. The molecular weight excluding hydrogens is 224 g/mol. The quantitative estimate of drug-likeness (QED) is 0.793. The number of benzene rings is 1. The molecule has 1 unspecified atom stereocenters. The molecule has 3 nitrogen and oxygen atoms in total. The molecule has 1 N–H and O–H groups in total. The molecule has 1 aromatic carbocycles. The van der Waals surface area contributed by atoms with Crippen LogP contribution in [0.4, 0.5) is 0 Å². The minimum atomic E-state index is 0.141. The summed E-state index contributed by atoms with van der Waals surface area (Å²) in [6.07, 6.45) is 2.90. The van der Waals surface area contributed by atoms with Crippen molar-refractivity contribution in [3.8, 4) is 0 Å². The van der Waals surface area contributed by atoms with Crippen molar-refractivity contribution < 1.29 is 4.74 Å². The highest BCUT2D eigenvalue weighted by atomic mass is 16.5. The number of pyridine rings is 1. The molecule has 96 valence electrons. The van der Waals surface area contributed by atoms with Crippen LogP contribution in [0.25, 0.3) is 10.8 Å². The number of nitrogens with zero attached hydrogens (tertiary/aromatic N) is 1. The number of aromatic nitrogens is 1. The number of hydrogen-bond acceptors (Lipinski definition) is 3. The molecule has 0 amide bonds. The Morgan fingerprint density at radius 3 is 2.89 bits per heavy atom. The van der Waals surface area contributed by atoms with Crippen LogP contribution in [-0.4, -0.2) is 25.2 Å². The molecule has 0 saturated heterocycles. The maximum Gasteiger partial charge on any atom is 0.0736 e. The fraction of sp³-hybridized carbons (Fsp3) is 0.400. The summed E-state index contributed by atoms with van der Waals surface area (Å²) in [6, 6.07) is 10.5. The number of ether oxygens (including phenoxy) is 1. The van der Waals surface area contributed by atoms with Crippen molar-refractivity contribution in [1.29, 1.82) is 0 Å². The van der Waals surface area contributed by atoms with Gasteiger partial charge >= 0.3 is 0 Å². The van der Waals surface area contributed by atoms with Gasteiger partial charge in [-0.2, -0.15) is 0 Å². The van der Waals surface area contributed by atoms with Crippen LogP contribution < -0.4 is 5.32 Å². The SMILES string of the molecule is CCCOCC(NC)c1nccc2ccccc12. The van der Waals surface area contributed by atoms with E-state index in [9.17, 15) is 0 Å². The van der Waals surface area contributed by atoms with Crippen LogP contribution >= 0.6 is 0 Å². The lowest BCUT2D eigenvalue weighted by Gasteiger charge is -2.17. The molecule has 1 heterocycles. The summed E-state index contributed by atoms with van der Waals surface area (Å²) in [7, 11) is 1.95. The maximum atomic E-state index is 5.64. The van der Waals surface area contributed by atoms with Gasteiger partial charge in [0, 0.05) is 18.2 Å². The molecule has 0 aliphatic carbocycles. The summed E-state index contributed by atoms with van der Waals surface area (Å²) in [5, 5.41) is 5.70. The highest BCUT2D eigenvalue weighted by Gasteiger charge is 2.13. The first-order valence-corrected chi connectivity index (χ1v) is 6.45. The van der Waals surface area contributed by atoms with Crippen molar-refractivity contribution in [3.05, 3.63) is 42.2 Å². The highest BCUT2D eigenvalue weighted by molar-refractivity contribution is 5.84. The predicted octanol–water partition coefficient (Wildman–Crippen LogP) is 2.92. The molecule has 0 aliphatic rings. The second-order valence-corrected chi connectivity index (χ2v) is 4.33. The molecule has 0 aliphatic heterocycles. The third kappa shape index (κ3) is 2.86. The van der Waals surface area contributed by atoms with Gasteiger partial charge in [0.05, 0.1) is 18.3 Å². The van der Waals surface area contributed by atoms with E-state index in [4.69, 9.17) is 4.74 Å². The van der Waals surface area contributed by atoms with E-state index in [0.29, 0.717) is 6.61 Å². The van der Waals surface area contributed by atoms with E-state index in [2.05, 4.69) is 29.4 Å². The molecule has 0 fully saturated rings. The lowest BCUT2D eigenvalue weighted by Crippen LogP contribution is -2.23. The van der Waals surface area contributed by atoms with Crippen molar-refractivity contribution in [1.82, 2.24) is 10.3 Å². The van der Waals surface area contributed by atoms with Gasteiger partial charge in [0.1, 0.15) is 0 Å². The van der Waals surface area contributed by atoms with Gasteiger partial charge < -0.3 is 10.1 Å². The predicted molar refractivity (Wildman–Crippen MR) is 74.7 cm³/mol. The number of fused-ring (bicyclic) bond motifs is 1. The second kappa shape index (κ2) is 6.47. The zero-order chi connectivity index (χ0) is 12.8. The number of rotatable bonds is 6. The fourth-order valence-electron chi connectivity index (χ4n) is 2.07. The zero-order valence-corrected chi connectivity index (χ0v) is 11.0. The first-order valence-electron chi connectivity index (χ1n) is 6.45. The monoisotopic (exact) mass is 244 g/mol. The van der Waals surface area contributed by atoms with Crippen LogP contribution in [0.3, 0.4) is 0 Å². The largest absolute Gasteiger partial charge is 0.379 e. The van der Waals surface area contributed by atoms with Gasteiger partial charge in [-0.15, -0.1) is 0 Å². The molecule has 2 rings (SSSR count). The summed E-state index contributed by atoms with van der Waals surface area (Å²) in [6.45, 7) is 3.57. The third-order valence-corrected chi connectivity index (χ3v) is 3.02. The summed E-state index contributed by atoms with van der Waals surface area (Å²) >= 11 is 0. The van der Waals surface area contributed by atoms with Gasteiger partial charge in [-0.1, -0.05) is 31.2 Å². The smallest absolute Gasteiger partial charge is 0.0736 e. The van der Waals surface area contributed by atoms with Crippen LogP contribution in [-0.2, 0) is 4.74 Å². The molecule has 0 radical (unpaired) electrons. The third-order valence-electron chi connectivity index (χ3n) is 3.02. The molecule has 1 aromatic heterocycles. The minimum absolute atomic E-state index is 0.141. The van der Waals surface area contributed by atoms with Gasteiger partial charge in [0.25, 0.3) is 0 Å². The van der Waals surface area contributed by atoms with Crippen LogP contribution in [0.5, 0.6) is 0 Å². The molecule has 18 heavy (non-hydrogen) atoms. The van der Waals surface area contributed by atoms with E-state index in [0.717, 1.165) is 18.7 Å².